The number of pyridine rings is 1. The summed E-state index contributed by atoms with van der Waals surface area (Å²) < 4.78 is 0. The predicted molar refractivity (Wildman–Crippen MR) is 66.4 cm³/mol. The van der Waals surface area contributed by atoms with Gasteiger partial charge in [-0.2, -0.15) is 0 Å². The molecule has 1 amide bonds. The molecule has 1 aromatic rings. The first-order valence-corrected chi connectivity index (χ1v) is 6.12. The van der Waals surface area contributed by atoms with Gasteiger partial charge in [0.2, 0.25) is 5.91 Å². The fraction of sp³-hybridized carbons (Fsp3) is 0.538. The van der Waals surface area contributed by atoms with Crippen LogP contribution in [0.2, 0.25) is 0 Å². The third-order valence-electron chi connectivity index (χ3n) is 3.16. The van der Waals surface area contributed by atoms with E-state index < -0.39 is 0 Å². The lowest BCUT2D eigenvalue weighted by molar-refractivity contribution is -0.128. The van der Waals surface area contributed by atoms with E-state index in [4.69, 9.17) is 0 Å². The number of carbonyl (C=O) groups excluding carboxylic acids is 1. The van der Waals surface area contributed by atoms with E-state index in [1.807, 2.05) is 17.2 Å². The summed E-state index contributed by atoms with van der Waals surface area (Å²) in [4.78, 5) is 19.8. The zero-order chi connectivity index (χ0) is 12.1. The molecule has 4 heteroatoms. The van der Waals surface area contributed by atoms with Gasteiger partial charge in [0, 0.05) is 52.0 Å². The van der Waals surface area contributed by atoms with E-state index in [-0.39, 0.29) is 5.91 Å². The lowest BCUT2D eigenvalue weighted by atomic mass is 10.2. The average molecular weight is 233 g/mol. The van der Waals surface area contributed by atoms with Crippen molar-refractivity contribution in [3.63, 3.8) is 0 Å². The number of nitrogens with zero attached hydrogens (tertiary/aromatic N) is 3. The normalized spacial score (nSPS) is 17.8. The predicted octanol–water partition coefficient (Wildman–Crippen LogP) is 1.14. The highest BCUT2D eigenvalue weighted by atomic mass is 16.2. The second kappa shape index (κ2) is 5.77. The molecule has 0 atom stereocenters. The molecule has 2 rings (SSSR count). The van der Waals surface area contributed by atoms with Gasteiger partial charge in [-0.3, -0.25) is 14.7 Å². The molecule has 1 saturated heterocycles. The molecule has 0 radical (unpaired) electrons. The summed E-state index contributed by atoms with van der Waals surface area (Å²) in [5.74, 6) is 0.188. The monoisotopic (exact) mass is 233 g/mol. The highest BCUT2D eigenvalue weighted by Crippen LogP contribution is 2.08. The summed E-state index contributed by atoms with van der Waals surface area (Å²) >= 11 is 0. The van der Waals surface area contributed by atoms with E-state index in [0.717, 1.165) is 39.1 Å². The van der Waals surface area contributed by atoms with Gasteiger partial charge in [-0.1, -0.05) is 6.07 Å². The van der Waals surface area contributed by atoms with Crippen LogP contribution in [0.25, 0.3) is 0 Å². The molecule has 1 aliphatic rings. The van der Waals surface area contributed by atoms with Crippen molar-refractivity contribution in [1.82, 2.24) is 14.8 Å². The Hall–Kier alpha value is -1.42. The zero-order valence-corrected chi connectivity index (χ0v) is 10.3. The second-order valence-electron chi connectivity index (χ2n) is 4.50. The first kappa shape index (κ1) is 12.0. The summed E-state index contributed by atoms with van der Waals surface area (Å²) in [7, 11) is 0. The van der Waals surface area contributed by atoms with Crippen molar-refractivity contribution in [1.29, 1.82) is 0 Å². The summed E-state index contributed by atoms with van der Waals surface area (Å²) in [5, 5.41) is 0. The highest BCUT2D eigenvalue weighted by Gasteiger charge is 2.16. The Morgan fingerprint density at radius 1 is 1.35 bits per heavy atom. The van der Waals surface area contributed by atoms with Crippen molar-refractivity contribution < 1.29 is 4.79 Å². The number of amides is 1. The molecule has 2 heterocycles. The molecule has 0 unspecified atom stereocenters. The van der Waals surface area contributed by atoms with Crippen molar-refractivity contribution >= 4 is 5.91 Å². The van der Waals surface area contributed by atoms with Gasteiger partial charge in [-0.15, -0.1) is 0 Å². The van der Waals surface area contributed by atoms with Gasteiger partial charge in [-0.25, -0.2) is 0 Å². The van der Waals surface area contributed by atoms with Gasteiger partial charge in [0.15, 0.2) is 0 Å². The minimum atomic E-state index is 0.188. The molecule has 0 saturated carbocycles. The highest BCUT2D eigenvalue weighted by molar-refractivity contribution is 5.73. The van der Waals surface area contributed by atoms with E-state index in [0.29, 0.717) is 0 Å². The maximum absolute atomic E-state index is 11.3. The van der Waals surface area contributed by atoms with E-state index >= 15 is 0 Å². The number of carbonyl (C=O) groups is 1. The number of hydrogen-bond donors (Lipinski definition) is 0. The van der Waals surface area contributed by atoms with Crippen LogP contribution in [0.3, 0.4) is 0 Å². The van der Waals surface area contributed by atoms with Gasteiger partial charge < -0.3 is 4.90 Å². The first-order chi connectivity index (χ1) is 8.25. The molecule has 92 valence electrons. The smallest absolute Gasteiger partial charge is 0.219 e. The SMILES string of the molecule is CC(=O)N1CCCN(Cc2cccnc2)CC1. The van der Waals surface area contributed by atoms with Crippen LogP contribution in [0.4, 0.5) is 0 Å². The lowest BCUT2D eigenvalue weighted by Gasteiger charge is -2.20. The molecule has 17 heavy (non-hydrogen) atoms. The molecular formula is C13H19N3O. The molecule has 1 fully saturated rings. The molecule has 4 nitrogen and oxygen atoms in total. The third-order valence-corrected chi connectivity index (χ3v) is 3.16. The lowest BCUT2D eigenvalue weighted by Crippen LogP contribution is -2.33. The largest absolute Gasteiger partial charge is 0.342 e. The number of rotatable bonds is 2. The minimum Gasteiger partial charge on any atom is -0.342 e. The fourth-order valence-electron chi connectivity index (χ4n) is 2.19. The van der Waals surface area contributed by atoms with Gasteiger partial charge in [0.05, 0.1) is 0 Å². The summed E-state index contributed by atoms with van der Waals surface area (Å²) in [6.45, 7) is 6.32. The maximum atomic E-state index is 11.3. The van der Waals surface area contributed by atoms with Crippen molar-refractivity contribution in [3.05, 3.63) is 30.1 Å². The second-order valence-corrected chi connectivity index (χ2v) is 4.50. The Balaban J connectivity index is 1.89. The van der Waals surface area contributed by atoms with Gasteiger partial charge in [-0.05, 0) is 18.1 Å². The quantitative estimate of drug-likeness (QED) is 0.768. The van der Waals surface area contributed by atoms with Crippen LogP contribution in [0.1, 0.15) is 18.9 Å². The van der Waals surface area contributed by atoms with E-state index in [2.05, 4.69) is 16.0 Å². The summed E-state index contributed by atoms with van der Waals surface area (Å²) in [6.07, 6.45) is 4.76. The van der Waals surface area contributed by atoms with Crippen molar-refractivity contribution in [3.8, 4) is 0 Å². The first-order valence-electron chi connectivity index (χ1n) is 6.12. The molecule has 0 aromatic carbocycles. The van der Waals surface area contributed by atoms with Crippen LogP contribution in [0.15, 0.2) is 24.5 Å². The van der Waals surface area contributed by atoms with Crippen LogP contribution in [0, 0.1) is 0 Å². The van der Waals surface area contributed by atoms with Crippen LogP contribution in [-0.2, 0) is 11.3 Å². The third kappa shape index (κ3) is 3.53. The molecule has 0 aliphatic carbocycles. The minimum absolute atomic E-state index is 0.188. The van der Waals surface area contributed by atoms with Gasteiger partial charge >= 0.3 is 0 Å². The summed E-state index contributed by atoms with van der Waals surface area (Å²) in [6, 6.07) is 4.07. The number of hydrogen-bond acceptors (Lipinski definition) is 3. The average Bonchev–Trinajstić information content (AvgIpc) is 2.56. The Morgan fingerprint density at radius 2 is 2.24 bits per heavy atom. The molecular weight excluding hydrogens is 214 g/mol. The van der Waals surface area contributed by atoms with Crippen LogP contribution in [0.5, 0.6) is 0 Å². The van der Waals surface area contributed by atoms with E-state index in [9.17, 15) is 4.79 Å². The van der Waals surface area contributed by atoms with Crippen molar-refractivity contribution in [2.75, 3.05) is 26.2 Å². The molecule has 0 bridgehead atoms. The maximum Gasteiger partial charge on any atom is 0.219 e. The van der Waals surface area contributed by atoms with Crippen molar-refractivity contribution in [2.24, 2.45) is 0 Å². The topological polar surface area (TPSA) is 36.4 Å². The zero-order valence-electron chi connectivity index (χ0n) is 10.3. The van der Waals surface area contributed by atoms with E-state index in [1.54, 1.807) is 13.1 Å². The molecule has 0 spiro atoms. The van der Waals surface area contributed by atoms with E-state index in [1.165, 1.54) is 5.56 Å². The number of aromatic nitrogens is 1. The van der Waals surface area contributed by atoms with Gasteiger partial charge in [0.1, 0.15) is 0 Å². The molecule has 1 aliphatic heterocycles. The molecule has 1 aromatic heterocycles. The fourth-order valence-corrected chi connectivity index (χ4v) is 2.19. The Bertz CT molecular complexity index is 366. The van der Waals surface area contributed by atoms with Crippen LogP contribution in [-0.4, -0.2) is 46.9 Å². The van der Waals surface area contributed by atoms with Gasteiger partial charge in [0.25, 0.3) is 0 Å². The Labute approximate surface area is 102 Å². The van der Waals surface area contributed by atoms with Crippen molar-refractivity contribution in [2.45, 2.75) is 19.9 Å². The molecule has 0 N–H and O–H groups in total. The Kier molecular flexibility index (Phi) is 4.09. The summed E-state index contributed by atoms with van der Waals surface area (Å²) in [5.41, 5.74) is 1.24. The van der Waals surface area contributed by atoms with Crippen LogP contribution < -0.4 is 0 Å². The standard InChI is InChI=1S/C13H19N3O/c1-12(17)16-7-3-6-15(8-9-16)11-13-4-2-5-14-10-13/h2,4-5,10H,3,6-9,11H2,1H3. The Morgan fingerprint density at radius 3 is 2.94 bits per heavy atom. The van der Waals surface area contributed by atoms with Crippen LogP contribution >= 0.6 is 0 Å².